The molecule has 24 heavy (non-hydrogen) atoms. The van der Waals surface area contributed by atoms with Crippen molar-refractivity contribution in [2.45, 2.75) is 57.4 Å². The zero-order valence-electron chi connectivity index (χ0n) is 14.6. The van der Waals surface area contributed by atoms with Crippen LogP contribution >= 0.6 is 0 Å². The van der Waals surface area contributed by atoms with Crippen LogP contribution in [0.5, 0.6) is 0 Å². The zero-order valence-corrected chi connectivity index (χ0v) is 14.6. The summed E-state index contributed by atoms with van der Waals surface area (Å²) in [7, 11) is 0. The molecule has 2 fully saturated rings. The molecule has 1 heterocycles. The number of rotatable bonds is 7. The van der Waals surface area contributed by atoms with Gasteiger partial charge in [-0.05, 0) is 31.6 Å². The van der Waals surface area contributed by atoms with Crippen LogP contribution < -0.4 is 11.1 Å². The van der Waals surface area contributed by atoms with Gasteiger partial charge in [-0.15, -0.1) is 0 Å². The molecule has 2 atom stereocenters. The largest absolute Gasteiger partial charge is 0.369 e. The molecule has 1 aliphatic carbocycles. The Labute approximate surface area is 144 Å². The van der Waals surface area contributed by atoms with Crippen LogP contribution in [0.1, 0.15) is 51.9 Å². The Balaban J connectivity index is 1.80. The summed E-state index contributed by atoms with van der Waals surface area (Å²) < 4.78 is 0. The summed E-state index contributed by atoms with van der Waals surface area (Å²) in [5.41, 5.74) is 4.39. The number of nitrogens with zero attached hydrogens (tertiary/aromatic N) is 2. The molecular formula is C18H29N4O2. The second-order valence-electron chi connectivity index (χ2n) is 7.42. The van der Waals surface area contributed by atoms with Gasteiger partial charge in [-0.1, -0.05) is 26.2 Å². The molecule has 0 aromatic carbocycles. The van der Waals surface area contributed by atoms with Gasteiger partial charge in [0.15, 0.2) is 0 Å². The molecule has 2 amide bonds. The third kappa shape index (κ3) is 5.20. The smallest absolute Gasteiger partial charge is 0.225 e. The lowest BCUT2D eigenvalue weighted by Crippen LogP contribution is -2.50. The van der Waals surface area contributed by atoms with Crippen molar-refractivity contribution in [1.82, 2.24) is 10.2 Å². The third-order valence-corrected chi connectivity index (χ3v) is 5.31. The lowest BCUT2D eigenvalue weighted by atomic mass is 9.89. The SMILES string of the molecule is CC(C[CH]C(=O)NC1(C#N)CCN(CC2CCCCC2)C1)C(N)=O. The average molecular weight is 333 g/mol. The average Bonchev–Trinajstić information content (AvgIpc) is 2.96. The van der Waals surface area contributed by atoms with E-state index in [1.54, 1.807) is 6.92 Å². The maximum atomic E-state index is 12.1. The van der Waals surface area contributed by atoms with Crippen molar-refractivity contribution in [3.8, 4) is 6.07 Å². The molecular weight excluding hydrogens is 304 g/mol. The summed E-state index contributed by atoms with van der Waals surface area (Å²) in [5, 5.41) is 12.4. The van der Waals surface area contributed by atoms with Crippen LogP contribution in [-0.4, -0.2) is 41.9 Å². The van der Waals surface area contributed by atoms with Crippen LogP contribution in [0.3, 0.4) is 0 Å². The van der Waals surface area contributed by atoms with Gasteiger partial charge >= 0.3 is 0 Å². The van der Waals surface area contributed by atoms with Crippen LogP contribution in [0, 0.1) is 29.6 Å². The predicted molar refractivity (Wildman–Crippen MR) is 91.4 cm³/mol. The van der Waals surface area contributed by atoms with Crippen molar-refractivity contribution < 1.29 is 9.59 Å². The van der Waals surface area contributed by atoms with Gasteiger partial charge in [0, 0.05) is 25.6 Å². The van der Waals surface area contributed by atoms with Gasteiger partial charge in [0.25, 0.3) is 0 Å². The first-order valence-corrected chi connectivity index (χ1v) is 9.02. The fourth-order valence-electron chi connectivity index (χ4n) is 3.69. The molecule has 1 radical (unpaired) electrons. The molecule has 0 bridgehead atoms. The molecule has 0 spiro atoms. The first-order valence-electron chi connectivity index (χ1n) is 9.02. The highest BCUT2D eigenvalue weighted by Gasteiger charge is 2.40. The van der Waals surface area contributed by atoms with E-state index in [9.17, 15) is 14.9 Å². The summed E-state index contributed by atoms with van der Waals surface area (Å²) in [6, 6.07) is 2.30. The fourth-order valence-corrected chi connectivity index (χ4v) is 3.69. The van der Waals surface area contributed by atoms with Gasteiger partial charge in [-0.3, -0.25) is 14.5 Å². The molecule has 2 rings (SSSR count). The first kappa shape index (κ1) is 18.7. The topological polar surface area (TPSA) is 99.2 Å². The Morgan fingerprint density at radius 3 is 2.75 bits per heavy atom. The molecule has 1 saturated heterocycles. The normalized spacial score (nSPS) is 26.7. The molecule has 1 aliphatic heterocycles. The van der Waals surface area contributed by atoms with E-state index in [2.05, 4.69) is 16.3 Å². The first-order chi connectivity index (χ1) is 11.4. The maximum Gasteiger partial charge on any atom is 0.225 e. The summed E-state index contributed by atoms with van der Waals surface area (Å²) in [5.74, 6) is -0.357. The van der Waals surface area contributed by atoms with Crippen molar-refractivity contribution >= 4 is 11.8 Å². The van der Waals surface area contributed by atoms with Crippen LogP contribution in [0.25, 0.3) is 0 Å². The maximum absolute atomic E-state index is 12.1. The highest BCUT2D eigenvalue weighted by molar-refractivity contribution is 5.87. The third-order valence-electron chi connectivity index (χ3n) is 5.31. The molecule has 0 aromatic heterocycles. The number of amides is 2. The van der Waals surface area contributed by atoms with E-state index >= 15 is 0 Å². The van der Waals surface area contributed by atoms with Crippen molar-refractivity contribution in [3.63, 3.8) is 0 Å². The number of primary amides is 1. The van der Waals surface area contributed by atoms with E-state index in [1.165, 1.54) is 38.5 Å². The summed E-state index contributed by atoms with van der Waals surface area (Å²) in [6.07, 6.45) is 8.90. The Morgan fingerprint density at radius 1 is 1.42 bits per heavy atom. The molecule has 2 aliphatic rings. The number of hydrogen-bond acceptors (Lipinski definition) is 4. The second kappa shape index (κ2) is 8.48. The number of carbonyl (C=O) groups is 2. The number of nitrogens with one attached hydrogen (secondary N) is 1. The Hall–Kier alpha value is -1.61. The number of likely N-dealkylation sites (tertiary alicyclic amines) is 1. The van der Waals surface area contributed by atoms with Crippen LogP contribution in [0.15, 0.2) is 0 Å². The summed E-state index contributed by atoms with van der Waals surface area (Å²) in [4.78, 5) is 25.4. The summed E-state index contributed by atoms with van der Waals surface area (Å²) >= 11 is 0. The van der Waals surface area contributed by atoms with Gasteiger partial charge in [-0.2, -0.15) is 5.26 Å². The van der Waals surface area contributed by atoms with E-state index in [-0.39, 0.29) is 11.8 Å². The molecule has 2 unspecified atom stereocenters. The zero-order chi connectivity index (χ0) is 17.6. The minimum absolute atomic E-state index is 0.288. The van der Waals surface area contributed by atoms with Gasteiger partial charge < -0.3 is 11.1 Å². The standard InChI is InChI=1S/C18H29N4O2/c1-14(17(20)24)7-8-16(23)21-18(12-19)9-10-22(13-18)11-15-5-3-2-4-6-15/h8,14-15H,2-7,9-11,13H2,1H3,(H2,20,24)(H,21,23). The second-order valence-corrected chi connectivity index (χ2v) is 7.42. The van der Waals surface area contributed by atoms with Gasteiger partial charge in [0.05, 0.1) is 12.5 Å². The molecule has 6 nitrogen and oxygen atoms in total. The summed E-state index contributed by atoms with van der Waals surface area (Å²) in [6.45, 7) is 4.16. The van der Waals surface area contributed by atoms with Gasteiger partial charge in [-0.25, -0.2) is 0 Å². The molecule has 6 heteroatoms. The number of hydrogen-bond donors (Lipinski definition) is 2. The lowest BCUT2D eigenvalue weighted by Gasteiger charge is -2.28. The predicted octanol–water partition coefficient (Wildman–Crippen LogP) is 1.37. The molecule has 3 N–H and O–H groups in total. The van der Waals surface area contributed by atoms with Crippen molar-refractivity contribution in [1.29, 1.82) is 5.26 Å². The number of carbonyl (C=O) groups excluding carboxylic acids is 2. The van der Waals surface area contributed by atoms with Crippen molar-refractivity contribution in [2.24, 2.45) is 17.6 Å². The van der Waals surface area contributed by atoms with E-state index in [0.717, 1.165) is 19.0 Å². The van der Waals surface area contributed by atoms with Crippen LogP contribution in [0.2, 0.25) is 0 Å². The number of nitrogens with two attached hydrogens (primary N) is 1. The fraction of sp³-hybridized carbons (Fsp3) is 0.778. The highest BCUT2D eigenvalue weighted by atomic mass is 16.2. The van der Waals surface area contributed by atoms with Gasteiger partial charge in [0.2, 0.25) is 11.8 Å². The molecule has 0 aromatic rings. The van der Waals surface area contributed by atoms with E-state index < -0.39 is 11.4 Å². The quantitative estimate of drug-likeness (QED) is 0.735. The monoisotopic (exact) mass is 333 g/mol. The Morgan fingerprint density at radius 2 is 2.12 bits per heavy atom. The highest BCUT2D eigenvalue weighted by Crippen LogP contribution is 2.28. The van der Waals surface area contributed by atoms with E-state index in [0.29, 0.717) is 19.4 Å². The van der Waals surface area contributed by atoms with Crippen molar-refractivity contribution in [3.05, 3.63) is 6.42 Å². The van der Waals surface area contributed by atoms with Gasteiger partial charge in [0.1, 0.15) is 5.54 Å². The Bertz CT molecular complexity index is 496. The van der Waals surface area contributed by atoms with E-state index in [1.807, 2.05) is 0 Å². The minimum atomic E-state index is -0.807. The van der Waals surface area contributed by atoms with Crippen LogP contribution in [-0.2, 0) is 9.59 Å². The molecule has 133 valence electrons. The minimum Gasteiger partial charge on any atom is -0.369 e. The van der Waals surface area contributed by atoms with Crippen LogP contribution in [0.4, 0.5) is 0 Å². The molecule has 1 saturated carbocycles. The van der Waals surface area contributed by atoms with Crippen molar-refractivity contribution in [2.75, 3.05) is 19.6 Å². The Kier molecular flexibility index (Phi) is 6.61. The number of nitriles is 1. The lowest BCUT2D eigenvalue weighted by molar-refractivity contribution is -0.121. The van der Waals surface area contributed by atoms with E-state index in [4.69, 9.17) is 5.73 Å².